The lowest BCUT2D eigenvalue weighted by Gasteiger charge is -2.23. The average Bonchev–Trinajstić information content (AvgIpc) is 2.76. The monoisotopic (exact) mass is 304 g/mol. The minimum atomic E-state index is 0. The van der Waals surface area contributed by atoms with E-state index in [2.05, 4.69) is 29.0 Å². The molecule has 1 atom stereocenters. The van der Waals surface area contributed by atoms with E-state index >= 15 is 0 Å². The Bertz CT molecular complexity index is 392. The Balaban J connectivity index is 0.00000180. The van der Waals surface area contributed by atoms with Crippen molar-refractivity contribution in [3.8, 4) is 0 Å². The predicted octanol–water partition coefficient (Wildman–Crippen LogP) is 1.52. The predicted molar refractivity (Wildman–Crippen MR) is 80.2 cm³/mol. The molecule has 0 spiro atoms. The molecule has 0 aromatic carbocycles. The molecule has 1 aromatic rings. The summed E-state index contributed by atoms with van der Waals surface area (Å²) in [6.07, 6.45) is 1.40. The second kappa shape index (κ2) is 8.53. The lowest BCUT2D eigenvalue weighted by atomic mass is 10.2. The van der Waals surface area contributed by atoms with Crippen LogP contribution in [0.25, 0.3) is 0 Å². The van der Waals surface area contributed by atoms with Gasteiger partial charge in [-0.25, -0.2) is 0 Å². The first-order valence-electron chi connectivity index (χ1n) is 6.37. The molecule has 0 saturated carbocycles. The third-order valence-corrected chi connectivity index (χ3v) is 4.14. The fourth-order valence-electron chi connectivity index (χ4n) is 2.01. The van der Waals surface area contributed by atoms with Crippen molar-refractivity contribution in [1.29, 1.82) is 0 Å². The number of nitrogens with one attached hydrogen (secondary N) is 2. The number of hydrogen-bond donors (Lipinski definition) is 2. The topological polar surface area (TPSA) is 50.4 Å². The van der Waals surface area contributed by atoms with Crippen LogP contribution in [0.3, 0.4) is 0 Å². The number of hydrogen-bond acceptors (Lipinski definition) is 4. The zero-order valence-corrected chi connectivity index (χ0v) is 12.7. The smallest absolute Gasteiger partial charge is 0.222 e. The van der Waals surface area contributed by atoms with E-state index in [1.165, 1.54) is 10.4 Å². The van der Waals surface area contributed by atoms with Gasteiger partial charge in [-0.1, -0.05) is 0 Å². The van der Waals surface area contributed by atoms with Gasteiger partial charge in [-0.05, 0) is 30.4 Å². The third kappa shape index (κ3) is 5.48. The molecule has 2 heterocycles. The molecular weight excluding hydrogens is 284 g/mol. The number of carbonyl (C=O) groups excluding carboxylic acids is 1. The standard InChI is InChI=1S/C13H20N2O2S.ClH/c1-10-3-7-18-12(10)2-4-15-13(16)8-11-9-14-5-6-17-11;/h3,7,11,14H,2,4-6,8-9H2,1H3,(H,15,16);1H. The number of rotatable bonds is 5. The Morgan fingerprint density at radius 2 is 2.47 bits per heavy atom. The SMILES string of the molecule is Cc1ccsc1CCNC(=O)CC1CNCCO1.Cl. The highest BCUT2D eigenvalue weighted by atomic mass is 35.5. The summed E-state index contributed by atoms with van der Waals surface area (Å²) in [5.74, 6) is 0.0814. The first kappa shape index (κ1) is 16.4. The number of amides is 1. The van der Waals surface area contributed by atoms with E-state index in [0.29, 0.717) is 19.6 Å². The van der Waals surface area contributed by atoms with Gasteiger partial charge in [0.15, 0.2) is 0 Å². The first-order valence-corrected chi connectivity index (χ1v) is 7.25. The van der Waals surface area contributed by atoms with Gasteiger partial charge in [-0.2, -0.15) is 0 Å². The number of carbonyl (C=O) groups is 1. The molecule has 0 aliphatic carbocycles. The van der Waals surface area contributed by atoms with Crippen LogP contribution in [0, 0.1) is 6.92 Å². The van der Waals surface area contributed by atoms with Gasteiger partial charge in [0.25, 0.3) is 0 Å². The van der Waals surface area contributed by atoms with Crippen molar-refractivity contribution in [2.75, 3.05) is 26.2 Å². The maximum atomic E-state index is 11.7. The fraction of sp³-hybridized carbons (Fsp3) is 0.615. The van der Waals surface area contributed by atoms with Crippen LogP contribution in [0.2, 0.25) is 0 Å². The van der Waals surface area contributed by atoms with Gasteiger partial charge in [-0.3, -0.25) is 4.79 Å². The Labute approximate surface area is 124 Å². The minimum absolute atomic E-state index is 0. The molecule has 1 fully saturated rings. The molecule has 1 aliphatic heterocycles. The summed E-state index contributed by atoms with van der Waals surface area (Å²) in [5.41, 5.74) is 1.31. The van der Waals surface area contributed by atoms with Crippen LogP contribution in [-0.2, 0) is 16.0 Å². The Morgan fingerprint density at radius 1 is 1.63 bits per heavy atom. The second-order valence-electron chi connectivity index (χ2n) is 4.53. The van der Waals surface area contributed by atoms with Gasteiger partial charge in [0.1, 0.15) is 0 Å². The van der Waals surface area contributed by atoms with Crippen molar-refractivity contribution in [3.63, 3.8) is 0 Å². The summed E-state index contributed by atoms with van der Waals surface area (Å²) in [6, 6.07) is 2.11. The molecule has 19 heavy (non-hydrogen) atoms. The van der Waals surface area contributed by atoms with Crippen LogP contribution >= 0.6 is 23.7 Å². The number of aryl methyl sites for hydroxylation is 1. The summed E-state index contributed by atoms with van der Waals surface area (Å²) in [6.45, 7) is 5.18. The highest BCUT2D eigenvalue weighted by Gasteiger charge is 2.16. The number of ether oxygens (including phenoxy) is 1. The zero-order valence-electron chi connectivity index (χ0n) is 11.1. The largest absolute Gasteiger partial charge is 0.375 e. The summed E-state index contributed by atoms with van der Waals surface area (Å²) >= 11 is 1.75. The summed E-state index contributed by atoms with van der Waals surface area (Å²) < 4.78 is 5.50. The Morgan fingerprint density at radius 3 is 3.11 bits per heavy atom. The van der Waals surface area contributed by atoms with Gasteiger partial charge >= 0.3 is 0 Å². The summed E-state index contributed by atoms with van der Waals surface area (Å²) in [7, 11) is 0. The van der Waals surface area contributed by atoms with Crippen LogP contribution in [-0.4, -0.2) is 38.3 Å². The van der Waals surface area contributed by atoms with Gasteiger partial charge < -0.3 is 15.4 Å². The van der Waals surface area contributed by atoms with Crippen LogP contribution in [0.4, 0.5) is 0 Å². The van der Waals surface area contributed by atoms with E-state index in [1.54, 1.807) is 11.3 Å². The lowest BCUT2D eigenvalue weighted by molar-refractivity contribution is -0.124. The van der Waals surface area contributed by atoms with Crippen molar-refractivity contribution in [1.82, 2.24) is 10.6 Å². The normalized spacial score (nSPS) is 18.7. The van der Waals surface area contributed by atoms with Gasteiger partial charge in [0, 0.05) is 24.5 Å². The first-order chi connectivity index (χ1) is 8.75. The lowest BCUT2D eigenvalue weighted by Crippen LogP contribution is -2.41. The van der Waals surface area contributed by atoms with Crippen molar-refractivity contribution in [2.45, 2.75) is 25.9 Å². The Hall–Kier alpha value is -0.620. The van der Waals surface area contributed by atoms with E-state index in [1.807, 2.05) is 0 Å². The minimum Gasteiger partial charge on any atom is -0.375 e. The van der Waals surface area contributed by atoms with Gasteiger partial charge in [0.05, 0.1) is 19.1 Å². The molecule has 2 rings (SSSR count). The van der Waals surface area contributed by atoms with Crippen LogP contribution < -0.4 is 10.6 Å². The molecule has 2 N–H and O–H groups in total. The second-order valence-corrected chi connectivity index (χ2v) is 5.53. The molecule has 0 radical (unpaired) electrons. The molecule has 1 amide bonds. The highest BCUT2D eigenvalue weighted by Crippen LogP contribution is 2.15. The van der Waals surface area contributed by atoms with E-state index in [-0.39, 0.29) is 24.4 Å². The summed E-state index contributed by atoms with van der Waals surface area (Å²) in [5, 5.41) is 8.27. The van der Waals surface area contributed by atoms with Crippen molar-refractivity contribution in [3.05, 3.63) is 21.9 Å². The maximum Gasteiger partial charge on any atom is 0.222 e. The van der Waals surface area contributed by atoms with Crippen LogP contribution in [0.5, 0.6) is 0 Å². The maximum absolute atomic E-state index is 11.7. The van der Waals surface area contributed by atoms with E-state index in [0.717, 1.165) is 19.5 Å². The van der Waals surface area contributed by atoms with E-state index in [9.17, 15) is 4.79 Å². The van der Waals surface area contributed by atoms with Crippen molar-refractivity contribution >= 4 is 29.7 Å². The number of thiophene rings is 1. The fourth-order valence-corrected chi connectivity index (χ4v) is 2.92. The zero-order chi connectivity index (χ0) is 12.8. The molecule has 4 nitrogen and oxygen atoms in total. The molecule has 1 unspecified atom stereocenters. The molecule has 6 heteroatoms. The quantitative estimate of drug-likeness (QED) is 0.867. The van der Waals surface area contributed by atoms with Crippen molar-refractivity contribution < 1.29 is 9.53 Å². The molecule has 1 saturated heterocycles. The average molecular weight is 305 g/mol. The third-order valence-electron chi connectivity index (χ3n) is 3.06. The van der Waals surface area contributed by atoms with Gasteiger partial charge in [-0.15, -0.1) is 23.7 Å². The number of morpholine rings is 1. The molecule has 108 valence electrons. The molecule has 1 aliphatic rings. The van der Waals surface area contributed by atoms with E-state index < -0.39 is 0 Å². The summed E-state index contributed by atoms with van der Waals surface area (Å²) in [4.78, 5) is 13.1. The molecule has 1 aromatic heterocycles. The van der Waals surface area contributed by atoms with Crippen LogP contribution in [0.1, 0.15) is 16.9 Å². The van der Waals surface area contributed by atoms with Gasteiger partial charge in [0.2, 0.25) is 5.91 Å². The van der Waals surface area contributed by atoms with Crippen LogP contribution in [0.15, 0.2) is 11.4 Å². The molecule has 0 bridgehead atoms. The van der Waals surface area contributed by atoms with E-state index in [4.69, 9.17) is 4.74 Å². The molecular formula is C13H21ClN2O2S. The van der Waals surface area contributed by atoms with Crippen molar-refractivity contribution in [2.24, 2.45) is 0 Å². The highest BCUT2D eigenvalue weighted by molar-refractivity contribution is 7.10. The Kier molecular flexibility index (Phi) is 7.38. The number of halogens is 1.